The Bertz CT molecular complexity index is 896. The van der Waals surface area contributed by atoms with Crippen LogP contribution < -0.4 is 5.56 Å². The Morgan fingerprint density at radius 3 is 2.81 bits per heavy atom. The van der Waals surface area contributed by atoms with Crippen LogP contribution in [0.25, 0.3) is 10.2 Å². The maximum atomic E-state index is 12.8. The molecule has 2 aliphatic carbocycles. The van der Waals surface area contributed by atoms with Crippen LogP contribution in [0.4, 0.5) is 0 Å². The molecule has 2 aromatic heterocycles. The summed E-state index contributed by atoms with van der Waals surface area (Å²) in [6.45, 7) is 0. The number of carbonyl (C=O) groups is 1. The van der Waals surface area contributed by atoms with Crippen LogP contribution in [-0.4, -0.2) is 39.2 Å². The molecule has 26 heavy (non-hydrogen) atoms. The van der Waals surface area contributed by atoms with Gasteiger partial charge in [0, 0.05) is 25.0 Å². The highest BCUT2D eigenvalue weighted by Crippen LogP contribution is 2.35. The molecular formula is C19H25N3O2S2. The molecule has 2 aliphatic rings. The number of aryl methyl sites for hydroxylation is 2. The molecule has 140 valence electrons. The Kier molecular flexibility index (Phi) is 5.10. The third-order valence-corrected chi connectivity index (χ3v) is 7.95. The van der Waals surface area contributed by atoms with Gasteiger partial charge in [-0.15, -0.1) is 11.3 Å². The van der Waals surface area contributed by atoms with Gasteiger partial charge in [-0.2, -0.15) is 0 Å². The Labute approximate surface area is 161 Å². The molecule has 1 fully saturated rings. The number of carbonyl (C=O) groups excluding carboxylic acids is 1. The van der Waals surface area contributed by atoms with Crippen molar-refractivity contribution in [1.82, 2.24) is 14.5 Å². The number of hydrogen-bond acceptors (Lipinski definition) is 5. The molecule has 0 bridgehead atoms. The summed E-state index contributed by atoms with van der Waals surface area (Å²) >= 11 is 3.04. The Morgan fingerprint density at radius 2 is 2.04 bits per heavy atom. The predicted molar refractivity (Wildman–Crippen MR) is 107 cm³/mol. The molecule has 2 heterocycles. The van der Waals surface area contributed by atoms with Gasteiger partial charge < -0.3 is 4.90 Å². The molecule has 7 heteroatoms. The van der Waals surface area contributed by atoms with E-state index in [1.807, 2.05) is 11.9 Å². The van der Waals surface area contributed by atoms with Gasteiger partial charge in [-0.25, -0.2) is 4.98 Å². The number of thiophene rings is 1. The number of thioether (sulfide) groups is 1. The highest BCUT2D eigenvalue weighted by Gasteiger charge is 2.24. The molecule has 4 rings (SSSR count). The van der Waals surface area contributed by atoms with E-state index in [-0.39, 0.29) is 11.5 Å². The first kappa shape index (κ1) is 18.0. The van der Waals surface area contributed by atoms with Crippen LogP contribution in [0.3, 0.4) is 0 Å². The van der Waals surface area contributed by atoms with Crippen molar-refractivity contribution < 1.29 is 4.79 Å². The van der Waals surface area contributed by atoms with Gasteiger partial charge in [0.15, 0.2) is 5.16 Å². The fourth-order valence-corrected chi connectivity index (χ4v) is 6.33. The number of nitrogens with zero attached hydrogens (tertiary/aromatic N) is 3. The zero-order valence-corrected chi connectivity index (χ0v) is 17.0. The maximum absolute atomic E-state index is 12.8. The summed E-state index contributed by atoms with van der Waals surface area (Å²) in [4.78, 5) is 34.2. The van der Waals surface area contributed by atoms with Gasteiger partial charge >= 0.3 is 0 Å². The smallest absolute Gasteiger partial charge is 0.262 e. The molecule has 2 aromatic rings. The van der Waals surface area contributed by atoms with Crippen LogP contribution in [-0.2, 0) is 24.7 Å². The average Bonchev–Trinajstić information content (AvgIpc) is 3.24. The quantitative estimate of drug-likeness (QED) is 0.592. The van der Waals surface area contributed by atoms with E-state index in [0.717, 1.165) is 42.3 Å². The zero-order valence-electron chi connectivity index (χ0n) is 15.4. The molecule has 0 atom stereocenters. The van der Waals surface area contributed by atoms with Crippen LogP contribution >= 0.6 is 23.1 Å². The molecule has 0 aromatic carbocycles. The van der Waals surface area contributed by atoms with E-state index in [2.05, 4.69) is 0 Å². The molecule has 0 aliphatic heterocycles. The fourth-order valence-electron chi connectivity index (χ4n) is 4.13. The lowest BCUT2D eigenvalue weighted by atomic mass is 9.94. The number of rotatable bonds is 4. The fraction of sp³-hybridized carbons (Fsp3) is 0.632. The van der Waals surface area contributed by atoms with Crippen LogP contribution in [0.2, 0.25) is 0 Å². The molecule has 5 nitrogen and oxygen atoms in total. The van der Waals surface area contributed by atoms with Gasteiger partial charge in [0.2, 0.25) is 5.91 Å². The topological polar surface area (TPSA) is 55.2 Å². The van der Waals surface area contributed by atoms with E-state index < -0.39 is 0 Å². The maximum Gasteiger partial charge on any atom is 0.262 e. The van der Waals surface area contributed by atoms with E-state index in [4.69, 9.17) is 4.98 Å². The van der Waals surface area contributed by atoms with Gasteiger partial charge in [-0.1, -0.05) is 31.0 Å². The van der Waals surface area contributed by atoms with Crippen molar-refractivity contribution in [3.63, 3.8) is 0 Å². The van der Waals surface area contributed by atoms with Crippen molar-refractivity contribution in [2.75, 3.05) is 12.8 Å². The van der Waals surface area contributed by atoms with Crippen LogP contribution in [0.5, 0.6) is 0 Å². The number of fused-ring (bicyclic) bond motifs is 3. The van der Waals surface area contributed by atoms with Crippen molar-refractivity contribution in [2.45, 2.75) is 62.6 Å². The van der Waals surface area contributed by atoms with E-state index in [9.17, 15) is 9.59 Å². The average molecular weight is 392 g/mol. The molecule has 0 radical (unpaired) electrons. The lowest BCUT2D eigenvalue weighted by molar-refractivity contribution is -0.129. The van der Waals surface area contributed by atoms with Crippen molar-refractivity contribution in [1.29, 1.82) is 0 Å². The molecule has 0 unspecified atom stereocenters. The lowest BCUT2D eigenvalue weighted by Gasteiger charge is -2.31. The van der Waals surface area contributed by atoms with E-state index in [1.54, 1.807) is 23.0 Å². The van der Waals surface area contributed by atoms with Gasteiger partial charge in [-0.05, 0) is 37.7 Å². The summed E-state index contributed by atoms with van der Waals surface area (Å²) < 4.78 is 1.62. The highest BCUT2D eigenvalue weighted by atomic mass is 32.2. The van der Waals surface area contributed by atoms with E-state index in [0.29, 0.717) is 17.0 Å². The van der Waals surface area contributed by atoms with E-state index in [1.165, 1.54) is 41.5 Å². The van der Waals surface area contributed by atoms with E-state index >= 15 is 0 Å². The number of aromatic nitrogens is 2. The largest absolute Gasteiger partial charge is 0.342 e. The van der Waals surface area contributed by atoms with Crippen molar-refractivity contribution in [2.24, 2.45) is 7.05 Å². The summed E-state index contributed by atoms with van der Waals surface area (Å²) in [6, 6.07) is 0.372. The number of hydrogen-bond donors (Lipinski definition) is 0. The molecule has 0 saturated heterocycles. The lowest BCUT2D eigenvalue weighted by Crippen LogP contribution is -2.39. The van der Waals surface area contributed by atoms with Gasteiger partial charge in [0.1, 0.15) is 4.83 Å². The monoisotopic (exact) mass is 391 g/mol. The van der Waals surface area contributed by atoms with Crippen LogP contribution in [0, 0.1) is 0 Å². The van der Waals surface area contributed by atoms with Crippen LogP contribution in [0.15, 0.2) is 9.95 Å². The zero-order chi connectivity index (χ0) is 18.3. The van der Waals surface area contributed by atoms with Crippen molar-refractivity contribution in [3.8, 4) is 0 Å². The summed E-state index contributed by atoms with van der Waals surface area (Å²) in [5.74, 6) is 0.467. The second kappa shape index (κ2) is 7.35. The molecule has 0 spiro atoms. The third-order valence-electron chi connectivity index (χ3n) is 5.75. The normalized spacial score (nSPS) is 17.6. The Hall–Kier alpha value is -1.34. The summed E-state index contributed by atoms with van der Waals surface area (Å²) in [6.07, 6.45) is 9.11. The Morgan fingerprint density at radius 1 is 1.27 bits per heavy atom. The second-order valence-corrected chi connectivity index (χ2v) is 9.41. The second-order valence-electron chi connectivity index (χ2n) is 7.38. The third kappa shape index (κ3) is 3.20. The first-order chi connectivity index (χ1) is 12.6. The van der Waals surface area contributed by atoms with Crippen molar-refractivity contribution >= 4 is 39.2 Å². The minimum absolute atomic E-state index is 0.0324. The standard InChI is InChI=1S/C19H25N3O2S2/c1-21(12-7-4-3-5-8-12)15(23)11-25-19-20-17-16(18(24)22(19)2)13-9-6-10-14(13)26-17/h12H,3-11H2,1-2H3. The van der Waals surface area contributed by atoms with Gasteiger partial charge in [-0.3, -0.25) is 14.2 Å². The minimum atomic E-state index is 0.0324. The summed E-state index contributed by atoms with van der Waals surface area (Å²) in [5.41, 5.74) is 1.24. The Balaban J connectivity index is 1.51. The highest BCUT2D eigenvalue weighted by molar-refractivity contribution is 7.99. The first-order valence-corrected chi connectivity index (χ1v) is 11.3. The number of amides is 1. The van der Waals surface area contributed by atoms with Gasteiger partial charge in [0.05, 0.1) is 11.1 Å². The molecule has 0 N–H and O–H groups in total. The van der Waals surface area contributed by atoms with Gasteiger partial charge in [0.25, 0.3) is 5.56 Å². The predicted octanol–water partition coefficient (Wildman–Crippen LogP) is 3.37. The summed E-state index contributed by atoms with van der Waals surface area (Å²) in [7, 11) is 3.68. The first-order valence-electron chi connectivity index (χ1n) is 9.46. The molecule has 1 amide bonds. The summed E-state index contributed by atoms with van der Waals surface area (Å²) in [5, 5.41) is 1.45. The molecule has 1 saturated carbocycles. The van der Waals surface area contributed by atoms with Crippen molar-refractivity contribution in [3.05, 3.63) is 20.8 Å². The molecular weight excluding hydrogens is 366 g/mol. The SMILES string of the molecule is CN(C(=O)CSc1nc2sc3c(c2c(=O)n1C)CCC3)C1CCCCC1. The minimum Gasteiger partial charge on any atom is -0.342 e. The van der Waals surface area contributed by atoms with Crippen LogP contribution in [0.1, 0.15) is 49.0 Å².